The van der Waals surface area contributed by atoms with E-state index in [2.05, 4.69) is 24.1 Å². The topological polar surface area (TPSA) is 46.9 Å². The third kappa shape index (κ3) is 3.32. The zero-order valence-electron chi connectivity index (χ0n) is 14.5. The van der Waals surface area contributed by atoms with Crippen molar-refractivity contribution in [3.63, 3.8) is 0 Å². The molecule has 0 atom stereocenters. The molecule has 0 aliphatic carbocycles. The Kier molecular flexibility index (Phi) is 4.65. The fourth-order valence-corrected chi connectivity index (χ4v) is 2.88. The van der Waals surface area contributed by atoms with E-state index in [9.17, 15) is 4.79 Å². The van der Waals surface area contributed by atoms with Crippen LogP contribution in [-0.2, 0) is 17.8 Å². The Bertz CT molecular complexity index is 880. The zero-order valence-corrected chi connectivity index (χ0v) is 14.5. The Balaban J connectivity index is 1.84. The van der Waals surface area contributed by atoms with Crippen LogP contribution in [0, 0.1) is 13.8 Å². The minimum atomic E-state index is -0.0289. The number of carbonyl (C=O) groups is 1. The first-order valence-electron chi connectivity index (χ1n) is 8.39. The second kappa shape index (κ2) is 6.87. The molecular weight excluding hydrogens is 298 g/mol. The average molecular weight is 321 g/mol. The van der Waals surface area contributed by atoms with Crippen molar-refractivity contribution in [3.05, 3.63) is 59.4 Å². The molecule has 3 aromatic rings. The second-order valence-corrected chi connectivity index (χ2v) is 6.20. The van der Waals surface area contributed by atoms with Gasteiger partial charge in [0, 0.05) is 12.1 Å². The van der Waals surface area contributed by atoms with Gasteiger partial charge in [-0.25, -0.2) is 4.98 Å². The molecule has 0 radical (unpaired) electrons. The molecule has 124 valence electrons. The first-order valence-corrected chi connectivity index (χ1v) is 8.39. The van der Waals surface area contributed by atoms with Gasteiger partial charge in [0.2, 0.25) is 5.91 Å². The molecule has 0 saturated carbocycles. The highest BCUT2D eigenvalue weighted by molar-refractivity contribution is 5.91. The Hall–Kier alpha value is -2.62. The Labute approximate surface area is 142 Å². The molecule has 2 aromatic carbocycles. The summed E-state index contributed by atoms with van der Waals surface area (Å²) >= 11 is 0. The van der Waals surface area contributed by atoms with E-state index >= 15 is 0 Å². The molecule has 1 aromatic heterocycles. The molecule has 1 N–H and O–H groups in total. The summed E-state index contributed by atoms with van der Waals surface area (Å²) in [6.07, 6.45) is 1.87. The van der Waals surface area contributed by atoms with Gasteiger partial charge in [-0.15, -0.1) is 0 Å². The van der Waals surface area contributed by atoms with Crippen LogP contribution >= 0.6 is 0 Å². The van der Waals surface area contributed by atoms with Gasteiger partial charge in [-0.05, 0) is 55.7 Å². The van der Waals surface area contributed by atoms with E-state index in [-0.39, 0.29) is 12.5 Å². The highest BCUT2D eigenvalue weighted by Crippen LogP contribution is 2.18. The fraction of sp³-hybridized carbons (Fsp3) is 0.300. The van der Waals surface area contributed by atoms with Gasteiger partial charge in [0.1, 0.15) is 12.4 Å². The molecule has 4 nitrogen and oxygen atoms in total. The number of aryl methyl sites for hydroxylation is 3. The van der Waals surface area contributed by atoms with Crippen LogP contribution in [0.3, 0.4) is 0 Å². The third-order valence-corrected chi connectivity index (χ3v) is 4.30. The average Bonchev–Trinajstić information content (AvgIpc) is 2.89. The van der Waals surface area contributed by atoms with Crippen molar-refractivity contribution in [2.75, 3.05) is 5.32 Å². The first kappa shape index (κ1) is 16.2. The number of rotatable bonds is 5. The number of nitrogens with zero attached hydrogens (tertiary/aromatic N) is 2. The molecule has 0 aliphatic heterocycles. The molecule has 0 saturated heterocycles. The minimum Gasteiger partial charge on any atom is -0.325 e. The number of amides is 1. The Morgan fingerprint density at radius 2 is 1.92 bits per heavy atom. The van der Waals surface area contributed by atoms with Crippen molar-refractivity contribution < 1.29 is 4.79 Å². The van der Waals surface area contributed by atoms with E-state index in [1.165, 1.54) is 11.1 Å². The van der Waals surface area contributed by atoms with E-state index in [0.29, 0.717) is 0 Å². The van der Waals surface area contributed by atoms with E-state index in [1.54, 1.807) is 0 Å². The van der Waals surface area contributed by atoms with Crippen LogP contribution in [0.1, 0.15) is 30.3 Å². The van der Waals surface area contributed by atoms with E-state index in [4.69, 9.17) is 0 Å². The van der Waals surface area contributed by atoms with Crippen LogP contribution in [0.25, 0.3) is 11.0 Å². The molecule has 0 aliphatic rings. The summed E-state index contributed by atoms with van der Waals surface area (Å²) in [5.74, 6) is 0.938. The quantitative estimate of drug-likeness (QED) is 0.764. The maximum Gasteiger partial charge on any atom is 0.244 e. The smallest absolute Gasteiger partial charge is 0.244 e. The number of aromatic nitrogens is 2. The molecule has 24 heavy (non-hydrogen) atoms. The van der Waals surface area contributed by atoms with Gasteiger partial charge in [-0.3, -0.25) is 4.79 Å². The number of benzene rings is 2. The Morgan fingerprint density at radius 1 is 1.12 bits per heavy atom. The van der Waals surface area contributed by atoms with Crippen LogP contribution in [0.5, 0.6) is 0 Å². The summed E-state index contributed by atoms with van der Waals surface area (Å²) in [5, 5.41) is 2.99. The van der Waals surface area contributed by atoms with Crippen LogP contribution < -0.4 is 5.32 Å². The van der Waals surface area contributed by atoms with Gasteiger partial charge in [0.25, 0.3) is 0 Å². The van der Waals surface area contributed by atoms with Gasteiger partial charge in [0.15, 0.2) is 0 Å². The minimum absolute atomic E-state index is 0.0289. The van der Waals surface area contributed by atoms with Gasteiger partial charge in [-0.1, -0.05) is 25.1 Å². The van der Waals surface area contributed by atoms with Crippen molar-refractivity contribution in [2.24, 2.45) is 0 Å². The number of carbonyl (C=O) groups excluding carboxylic acids is 1. The van der Waals surface area contributed by atoms with E-state index < -0.39 is 0 Å². The zero-order chi connectivity index (χ0) is 17.1. The van der Waals surface area contributed by atoms with Crippen molar-refractivity contribution in [2.45, 2.75) is 40.2 Å². The lowest BCUT2D eigenvalue weighted by molar-refractivity contribution is -0.116. The Morgan fingerprint density at radius 3 is 2.67 bits per heavy atom. The SMILES string of the molecule is CCCc1nc2ccccc2n1CC(=O)Nc1ccc(C)c(C)c1. The summed E-state index contributed by atoms with van der Waals surface area (Å²) < 4.78 is 2.02. The number of hydrogen-bond acceptors (Lipinski definition) is 2. The summed E-state index contributed by atoms with van der Waals surface area (Å²) in [6.45, 7) is 6.52. The number of anilines is 1. The lowest BCUT2D eigenvalue weighted by atomic mass is 10.1. The predicted molar refractivity (Wildman–Crippen MR) is 98.3 cm³/mol. The van der Waals surface area contributed by atoms with Crippen molar-refractivity contribution in [1.82, 2.24) is 9.55 Å². The lowest BCUT2D eigenvalue weighted by Crippen LogP contribution is -2.20. The summed E-state index contributed by atoms with van der Waals surface area (Å²) in [5.41, 5.74) is 5.19. The monoisotopic (exact) mass is 321 g/mol. The largest absolute Gasteiger partial charge is 0.325 e. The third-order valence-electron chi connectivity index (χ3n) is 4.30. The van der Waals surface area contributed by atoms with Crippen LogP contribution in [0.2, 0.25) is 0 Å². The lowest BCUT2D eigenvalue weighted by Gasteiger charge is -2.11. The van der Waals surface area contributed by atoms with Crippen LogP contribution in [-0.4, -0.2) is 15.5 Å². The first-order chi connectivity index (χ1) is 11.6. The van der Waals surface area contributed by atoms with Crippen molar-refractivity contribution in [1.29, 1.82) is 0 Å². The molecule has 0 bridgehead atoms. The van der Waals surface area contributed by atoms with Gasteiger partial charge in [0.05, 0.1) is 11.0 Å². The van der Waals surface area contributed by atoms with Crippen LogP contribution in [0.15, 0.2) is 42.5 Å². The summed E-state index contributed by atoms with van der Waals surface area (Å²) in [7, 11) is 0. The molecular formula is C20H23N3O. The van der Waals surface area contributed by atoms with Gasteiger partial charge < -0.3 is 9.88 Å². The van der Waals surface area contributed by atoms with Gasteiger partial charge in [-0.2, -0.15) is 0 Å². The number of para-hydroxylation sites is 2. The molecule has 0 fully saturated rings. The highest BCUT2D eigenvalue weighted by Gasteiger charge is 2.13. The fourth-order valence-electron chi connectivity index (χ4n) is 2.88. The normalized spacial score (nSPS) is 11.0. The molecule has 4 heteroatoms. The predicted octanol–water partition coefficient (Wildman–Crippen LogP) is 4.24. The van der Waals surface area contributed by atoms with E-state index in [0.717, 1.165) is 35.4 Å². The number of imidazole rings is 1. The molecule has 1 amide bonds. The molecule has 0 spiro atoms. The number of nitrogens with one attached hydrogen (secondary N) is 1. The summed E-state index contributed by atoms with van der Waals surface area (Å²) in [6, 6.07) is 13.9. The van der Waals surface area contributed by atoms with E-state index in [1.807, 2.05) is 54.0 Å². The second-order valence-electron chi connectivity index (χ2n) is 6.20. The maximum absolute atomic E-state index is 12.5. The molecule has 3 rings (SSSR count). The van der Waals surface area contributed by atoms with Crippen molar-refractivity contribution in [3.8, 4) is 0 Å². The number of fused-ring (bicyclic) bond motifs is 1. The maximum atomic E-state index is 12.5. The van der Waals surface area contributed by atoms with Crippen LogP contribution in [0.4, 0.5) is 5.69 Å². The summed E-state index contributed by atoms with van der Waals surface area (Å²) in [4.78, 5) is 17.2. The molecule has 1 heterocycles. The number of hydrogen-bond donors (Lipinski definition) is 1. The molecule has 0 unspecified atom stereocenters. The van der Waals surface area contributed by atoms with Crippen molar-refractivity contribution >= 4 is 22.6 Å². The van der Waals surface area contributed by atoms with Gasteiger partial charge >= 0.3 is 0 Å². The highest BCUT2D eigenvalue weighted by atomic mass is 16.1. The standard InChI is InChI=1S/C20H23N3O/c1-4-7-19-22-17-8-5-6-9-18(17)23(19)13-20(24)21-16-11-10-14(2)15(3)12-16/h5-6,8-12H,4,7,13H2,1-3H3,(H,21,24).